The van der Waals surface area contributed by atoms with E-state index in [1.54, 1.807) is 12.1 Å². The molecule has 4 rings (SSSR count). The van der Waals surface area contributed by atoms with Crippen molar-refractivity contribution in [3.05, 3.63) is 59.7 Å². The molecule has 1 saturated heterocycles. The topological polar surface area (TPSA) is 66.5 Å². The molecule has 1 unspecified atom stereocenters. The molecule has 3 atom stereocenters. The van der Waals surface area contributed by atoms with E-state index in [-0.39, 0.29) is 23.3 Å². The van der Waals surface area contributed by atoms with Gasteiger partial charge in [-0.2, -0.15) is 0 Å². The van der Waals surface area contributed by atoms with Crippen molar-refractivity contribution in [1.82, 2.24) is 9.62 Å². The van der Waals surface area contributed by atoms with E-state index in [9.17, 15) is 22.0 Å². The molecular weight excluding hydrogens is 434 g/mol. The van der Waals surface area contributed by atoms with Crippen LogP contribution in [0.5, 0.6) is 0 Å². The largest absolute Gasteiger partial charge is 0.342 e. The van der Waals surface area contributed by atoms with Gasteiger partial charge in [0, 0.05) is 24.5 Å². The summed E-state index contributed by atoms with van der Waals surface area (Å²) in [5.41, 5.74) is 0.650. The van der Waals surface area contributed by atoms with Gasteiger partial charge < -0.3 is 4.90 Å². The number of halogens is 2. The Kier molecular flexibility index (Phi) is 6.11. The highest BCUT2D eigenvalue weighted by atomic mass is 32.2. The lowest BCUT2D eigenvalue weighted by atomic mass is 9.94. The van der Waals surface area contributed by atoms with Gasteiger partial charge in [-0.05, 0) is 61.8 Å². The number of nitrogens with zero attached hydrogens (tertiary/aromatic N) is 1. The fourth-order valence-electron chi connectivity index (χ4n) is 4.90. The van der Waals surface area contributed by atoms with E-state index < -0.39 is 27.2 Å². The monoisotopic (exact) mass is 462 g/mol. The number of nitrogens with one attached hydrogen (secondary N) is 1. The molecule has 2 fully saturated rings. The van der Waals surface area contributed by atoms with Gasteiger partial charge in [0.1, 0.15) is 11.6 Å². The number of carbonyl (C=O) groups is 1. The number of rotatable bonds is 5. The minimum absolute atomic E-state index is 0.0300. The second-order valence-electron chi connectivity index (χ2n) is 9.25. The summed E-state index contributed by atoms with van der Waals surface area (Å²) in [5, 5.41) is 0. The molecule has 1 N–H and O–H groups in total. The van der Waals surface area contributed by atoms with Gasteiger partial charge in [0.2, 0.25) is 15.9 Å². The molecule has 1 amide bonds. The molecule has 172 valence electrons. The fourth-order valence-corrected chi connectivity index (χ4v) is 6.00. The Bertz CT molecular complexity index is 1120. The molecule has 0 spiro atoms. The van der Waals surface area contributed by atoms with Crippen LogP contribution in [0.1, 0.15) is 44.1 Å². The van der Waals surface area contributed by atoms with Crippen LogP contribution in [0.3, 0.4) is 0 Å². The van der Waals surface area contributed by atoms with Crippen molar-refractivity contribution in [3.63, 3.8) is 0 Å². The van der Waals surface area contributed by atoms with Gasteiger partial charge >= 0.3 is 0 Å². The van der Waals surface area contributed by atoms with Crippen LogP contribution >= 0.6 is 0 Å². The van der Waals surface area contributed by atoms with Gasteiger partial charge in [0.15, 0.2) is 0 Å². The van der Waals surface area contributed by atoms with E-state index in [2.05, 4.69) is 4.72 Å². The molecule has 5 nitrogen and oxygen atoms in total. The van der Waals surface area contributed by atoms with Crippen LogP contribution in [-0.4, -0.2) is 44.1 Å². The third-order valence-corrected chi connectivity index (χ3v) is 7.40. The van der Waals surface area contributed by atoms with Crippen molar-refractivity contribution < 1.29 is 22.0 Å². The first-order valence-electron chi connectivity index (χ1n) is 10.9. The number of amides is 1. The number of hydrogen-bond acceptors (Lipinski definition) is 3. The normalized spacial score (nSPS) is 25.9. The molecule has 1 aliphatic carbocycles. The maximum absolute atomic E-state index is 14.4. The quantitative estimate of drug-likeness (QED) is 0.729. The first-order chi connectivity index (χ1) is 15.1. The van der Waals surface area contributed by atoms with Crippen LogP contribution < -0.4 is 4.72 Å². The Balaban J connectivity index is 1.50. The molecule has 1 saturated carbocycles. The Labute approximate surface area is 187 Å². The van der Waals surface area contributed by atoms with Gasteiger partial charge in [-0.1, -0.05) is 30.3 Å². The fraction of sp³-hybridized carbons (Fsp3) is 0.458. The molecule has 2 aliphatic rings. The number of likely N-dealkylation sites (tertiary alicyclic amines) is 1. The number of carbonyl (C=O) groups excluding carboxylic acids is 1. The van der Waals surface area contributed by atoms with Crippen LogP contribution in [-0.2, 0) is 14.8 Å². The Morgan fingerprint density at radius 2 is 1.75 bits per heavy atom. The highest BCUT2D eigenvalue weighted by molar-refractivity contribution is 7.88. The summed E-state index contributed by atoms with van der Waals surface area (Å²) >= 11 is 0. The maximum atomic E-state index is 14.4. The van der Waals surface area contributed by atoms with E-state index in [4.69, 9.17) is 0 Å². The summed E-state index contributed by atoms with van der Waals surface area (Å²) < 4.78 is 55.0. The van der Waals surface area contributed by atoms with Crippen molar-refractivity contribution in [2.24, 2.45) is 5.92 Å². The third-order valence-electron chi connectivity index (χ3n) is 6.53. The second-order valence-corrected chi connectivity index (χ2v) is 11.0. The molecule has 2 aromatic rings. The lowest BCUT2D eigenvalue weighted by molar-refractivity contribution is -0.132. The molecule has 1 heterocycles. The number of hydrogen-bond donors (Lipinski definition) is 1. The van der Waals surface area contributed by atoms with E-state index in [1.807, 2.05) is 24.0 Å². The van der Waals surface area contributed by atoms with Crippen LogP contribution in [0.15, 0.2) is 42.5 Å². The molecular formula is C24H28F2N2O3S. The highest BCUT2D eigenvalue weighted by Crippen LogP contribution is 2.51. The van der Waals surface area contributed by atoms with Crippen molar-refractivity contribution in [2.75, 3.05) is 19.3 Å². The maximum Gasteiger partial charge on any atom is 0.226 e. The Hall–Kier alpha value is -2.32. The molecule has 0 bridgehead atoms. The number of benzene rings is 2. The van der Waals surface area contributed by atoms with E-state index in [1.165, 1.54) is 18.2 Å². The van der Waals surface area contributed by atoms with Crippen molar-refractivity contribution >= 4 is 15.9 Å². The van der Waals surface area contributed by atoms with Crippen LogP contribution in [0.25, 0.3) is 11.1 Å². The van der Waals surface area contributed by atoms with Gasteiger partial charge in [-0.25, -0.2) is 21.9 Å². The predicted octanol–water partition coefficient (Wildman–Crippen LogP) is 4.06. The van der Waals surface area contributed by atoms with E-state index >= 15 is 0 Å². The predicted molar refractivity (Wildman–Crippen MR) is 119 cm³/mol. The Morgan fingerprint density at radius 3 is 2.44 bits per heavy atom. The zero-order valence-electron chi connectivity index (χ0n) is 18.3. The van der Waals surface area contributed by atoms with Crippen molar-refractivity contribution in [1.29, 1.82) is 0 Å². The average molecular weight is 463 g/mol. The average Bonchev–Trinajstić information content (AvgIpc) is 3.51. The zero-order valence-corrected chi connectivity index (χ0v) is 19.1. The zero-order chi connectivity index (χ0) is 23.1. The lowest BCUT2D eigenvalue weighted by Gasteiger charge is -2.28. The molecule has 0 radical (unpaired) electrons. The standard InChI is InChI=1S/C24H28F2N2O3S/c1-24(27-32(2,30)31)11-6-13-28(14-12-24)23(29)19-15-18(19)16-7-3-4-8-17(16)22-20(25)9-5-10-21(22)26/h3-5,7-10,18-19,27H,6,11-15H2,1-2H3/t18-,19+,24?/m0/s1. The minimum atomic E-state index is -3.34. The minimum Gasteiger partial charge on any atom is -0.342 e. The summed E-state index contributed by atoms with van der Waals surface area (Å²) in [5.74, 6) is -1.51. The first-order valence-corrected chi connectivity index (χ1v) is 12.8. The molecule has 8 heteroatoms. The summed E-state index contributed by atoms with van der Waals surface area (Å²) in [6, 6.07) is 10.9. The van der Waals surface area contributed by atoms with Crippen LogP contribution in [0.4, 0.5) is 8.78 Å². The van der Waals surface area contributed by atoms with E-state index in [0.29, 0.717) is 44.3 Å². The Morgan fingerprint density at radius 1 is 1.06 bits per heavy atom. The lowest BCUT2D eigenvalue weighted by Crippen LogP contribution is -2.46. The summed E-state index contributed by atoms with van der Waals surface area (Å²) in [4.78, 5) is 15.0. The van der Waals surface area contributed by atoms with E-state index in [0.717, 1.165) is 11.8 Å². The summed E-state index contributed by atoms with van der Waals surface area (Å²) in [7, 11) is -3.34. The van der Waals surface area contributed by atoms with Crippen LogP contribution in [0.2, 0.25) is 0 Å². The van der Waals surface area contributed by atoms with Crippen LogP contribution in [0, 0.1) is 17.6 Å². The SMILES string of the molecule is CC1(NS(C)(=O)=O)CCCN(C(=O)[C@@H]2C[C@H]2c2ccccc2-c2c(F)cccc2F)CC1. The molecule has 32 heavy (non-hydrogen) atoms. The molecule has 0 aromatic heterocycles. The van der Waals surface area contributed by atoms with Gasteiger partial charge in [-0.3, -0.25) is 4.79 Å². The van der Waals surface area contributed by atoms with Crippen molar-refractivity contribution in [3.8, 4) is 11.1 Å². The van der Waals surface area contributed by atoms with Crippen molar-refractivity contribution in [2.45, 2.75) is 44.1 Å². The third kappa shape index (κ3) is 4.86. The first kappa shape index (κ1) is 22.9. The summed E-state index contributed by atoms with van der Waals surface area (Å²) in [6.07, 6.45) is 3.70. The van der Waals surface area contributed by atoms with Gasteiger partial charge in [-0.15, -0.1) is 0 Å². The molecule has 2 aromatic carbocycles. The summed E-state index contributed by atoms with van der Waals surface area (Å²) in [6.45, 7) is 2.93. The second kappa shape index (κ2) is 8.56. The highest BCUT2D eigenvalue weighted by Gasteiger charge is 2.47. The van der Waals surface area contributed by atoms with Gasteiger partial charge in [0.25, 0.3) is 0 Å². The number of sulfonamides is 1. The smallest absolute Gasteiger partial charge is 0.226 e. The van der Waals surface area contributed by atoms with Gasteiger partial charge in [0.05, 0.1) is 11.8 Å². The molecule has 1 aliphatic heterocycles.